The van der Waals surface area contributed by atoms with Crippen LogP contribution >= 0.6 is 0 Å². The normalized spacial score (nSPS) is 18.9. The van der Waals surface area contributed by atoms with Crippen LogP contribution in [0.3, 0.4) is 0 Å². The van der Waals surface area contributed by atoms with Gasteiger partial charge in [-0.3, -0.25) is 4.79 Å². The van der Waals surface area contributed by atoms with Crippen molar-refractivity contribution in [2.45, 2.75) is 12.3 Å². The molecule has 23 heavy (non-hydrogen) atoms. The van der Waals surface area contributed by atoms with Crippen LogP contribution in [-0.4, -0.2) is 30.6 Å². The lowest BCUT2D eigenvalue weighted by Crippen LogP contribution is -2.25. The monoisotopic (exact) mass is 311 g/mol. The Morgan fingerprint density at radius 3 is 2.52 bits per heavy atom. The van der Waals surface area contributed by atoms with Crippen molar-refractivity contribution in [1.29, 1.82) is 0 Å². The van der Waals surface area contributed by atoms with Crippen molar-refractivity contribution < 1.29 is 19.4 Å². The maximum atomic E-state index is 12.1. The van der Waals surface area contributed by atoms with Crippen molar-refractivity contribution >= 4 is 11.9 Å². The van der Waals surface area contributed by atoms with Crippen molar-refractivity contribution in [1.82, 2.24) is 5.32 Å². The Bertz CT molecular complexity index is 785. The van der Waals surface area contributed by atoms with Crippen LogP contribution in [0.25, 0.3) is 0 Å². The number of amides is 1. The maximum Gasteiger partial charge on any atom is 0.335 e. The molecule has 2 N–H and O–H groups in total. The van der Waals surface area contributed by atoms with Crippen LogP contribution in [0.5, 0.6) is 5.75 Å². The average molecular weight is 311 g/mol. The number of carbonyl (C=O) groups is 2. The molecule has 2 aromatic rings. The van der Waals surface area contributed by atoms with Crippen LogP contribution in [0.15, 0.2) is 42.5 Å². The second kappa shape index (κ2) is 5.43. The van der Waals surface area contributed by atoms with Gasteiger partial charge < -0.3 is 15.2 Å². The first-order chi connectivity index (χ1) is 11.0. The van der Waals surface area contributed by atoms with Gasteiger partial charge in [0.2, 0.25) is 0 Å². The summed E-state index contributed by atoms with van der Waals surface area (Å²) in [6, 6.07) is 12.7. The molecule has 1 heterocycles. The smallest absolute Gasteiger partial charge is 0.335 e. The SMILES string of the molecule is CNC(=O)c1cc(C(=O)O)cc2c1OC[C@@]2(C)c1ccccc1. The summed E-state index contributed by atoms with van der Waals surface area (Å²) >= 11 is 0. The number of carboxylic acids is 1. The zero-order valence-electron chi connectivity index (χ0n) is 12.9. The summed E-state index contributed by atoms with van der Waals surface area (Å²) in [6.45, 7) is 2.35. The van der Waals surface area contributed by atoms with Crippen LogP contribution in [0.1, 0.15) is 38.8 Å². The summed E-state index contributed by atoms with van der Waals surface area (Å²) in [5, 5.41) is 11.9. The first kappa shape index (κ1) is 15.1. The largest absolute Gasteiger partial charge is 0.491 e. The summed E-state index contributed by atoms with van der Waals surface area (Å²) in [6.07, 6.45) is 0. The lowest BCUT2D eigenvalue weighted by atomic mass is 9.77. The third kappa shape index (κ3) is 2.34. The van der Waals surface area contributed by atoms with Gasteiger partial charge in [-0.25, -0.2) is 4.79 Å². The van der Waals surface area contributed by atoms with Crippen molar-refractivity contribution in [2.75, 3.05) is 13.7 Å². The molecule has 3 rings (SSSR count). The molecule has 0 unspecified atom stereocenters. The maximum absolute atomic E-state index is 12.1. The molecular weight excluding hydrogens is 294 g/mol. The minimum absolute atomic E-state index is 0.0787. The second-order valence-corrected chi connectivity index (χ2v) is 5.77. The van der Waals surface area contributed by atoms with Crippen molar-refractivity contribution in [3.63, 3.8) is 0 Å². The lowest BCUT2D eigenvalue weighted by Gasteiger charge is -2.23. The molecule has 0 saturated carbocycles. The van der Waals surface area contributed by atoms with Gasteiger partial charge in [0, 0.05) is 12.6 Å². The van der Waals surface area contributed by atoms with Crippen LogP contribution in [-0.2, 0) is 5.41 Å². The van der Waals surface area contributed by atoms with E-state index in [0.29, 0.717) is 12.4 Å². The van der Waals surface area contributed by atoms with E-state index >= 15 is 0 Å². The number of hydrogen-bond acceptors (Lipinski definition) is 3. The molecule has 1 aliphatic rings. The standard InChI is InChI=1S/C18H17NO4/c1-18(12-6-4-3-5-7-12)10-23-15-13(16(20)19-2)8-11(17(21)22)9-14(15)18/h3-9H,10H2,1-2H3,(H,19,20)(H,21,22)/t18-/m0/s1. The molecule has 118 valence electrons. The highest BCUT2D eigenvalue weighted by molar-refractivity contribution is 6.00. The van der Waals surface area contributed by atoms with Gasteiger partial charge in [-0.05, 0) is 24.6 Å². The van der Waals surface area contributed by atoms with E-state index < -0.39 is 11.4 Å². The second-order valence-electron chi connectivity index (χ2n) is 5.77. The Hall–Kier alpha value is -2.82. The van der Waals surface area contributed by atoms with E-state index in [1.54, 1.807) is 6.07 Å². The molecular formula is C18H17NO4. The predicted octanol–water partition coefficient (Wildman–Crippen LogP) is 2.44. The molecule has 1 amide bonds. The Balaban J connectivity index is 2.24. The van der Waals surface area contributed by atoms with Gasteiger partial charge in [-0.15, -0.1) is 0 Å². The topological polar surface area (TPSA) is 75.6 Å². The average Bonchev–Trinajstić information content (AvgIpc) is 2.92. The minimum Gasteiger partial charge on any atom is -0.491 e. The fourth-order valence-corrected chi connectivity index (χ4v) is 2.96. The van der Waals surface area contributed by atoms with Gasteiger partial charge in [-0.1, -0.05) is 30.3 Å². The van der Waals surface area contributed by atoms with Crippen LogP contribution in [0.2, 0.25) is 0 Å². The van der Waals surface area contributed by atoms with Crippen LogP contribution in [0.4, 0.5) is 0 Å². The van der Waals surface area contributed by atoms with Gasteiger partial charge in [0.15, 0.2) is 0 Å². The molecule has 0 aliphatic carbocycles. The van der Waals surface area contributed by atoms with E-state index in [1.165, 1.54) is 13.1 Å². The van der Waals surface area contributed by atoms with Gasteiger partial charge in [-0.2, -0.15) is 0 Å². The Labute approximate surface area is 133 Å². The van der Waals surface area contributed by atoms with Crippen LogP contribution < -0.4 is 10.1 Å². The lowest BCUT2D eigenvalue weighted by molar-refractivity contribution is 0.0696. The fraction of sp³-hybridized carbons (Fsp3) is 0.222. The van der Waals surface area contributed by atoms with E-state index in [4.69, 9.17) is 4.74 Å². The summed E-state index contributed by atoms with van der Waals surface area (Å²) in [4.78, 5) is 23.6. The van der Waals surface area contributed by atoms with E-state index in [1.807, 2.05) is 37.3 Å². The van der Waals surface area contributed by atoms with Gasteiger partial charge >= 0.3 is 5.97 Å². The minimum atomic E-state index is -1.07. The third-order valence-corrected chi connectivity index (χ3v) is 4.32. The van der Waals surface area contributed by atoms with Crippen molar-refractivity contribution in [2.24, 2.45) is 0 Å². The zero-order valence-corrected chi connectivity index (χ0v) is 12.9. The number of fused-ring (bicyclic) bond motifs is 1. The number of benzene rings is 2. The first-order valence-corrected chi connectivity index (χ1v) is 7.29. The third-order valence-electron chi connectivity index (χ3n) is 4.32. The molecule has 0 radical (unpaired) electrons. The molecule has 2 aromatic carbocycles. The molecule has 0 saturated heterocycles. The van der Waals surface area contributed by atoms with E-state index in [9.17, 15) is 14.7 Å². The Kier molecular flexibility index (Phi) is 3.56. The van der Waals surface area contributed by atoms with Gasteiger partial charge in [0.25, 0.3) is 5.91 Å². The van der Waals surface area contributed by atoms with E-state index in [2.05, 4.69) is 5.32 Å². The number of ether oxygens (including phenoxy) is 1. The van der Waals surface area contributed by atoms with E-state index in [0.717, 1.165) is 11.1 Å². The molecule has 1 atom stereocenters. The number of carboxylic acid groups (broad SMARTS) is 1. The van der Waals surface area contributed by atoms with Crippen LogP contribution in [0, 0.1) is 0 Å². The highest BCUT2D eigenvalue weighted by atomic mass is 16.5. The number of carbonyl (C=O) groups excluding carboxylic acids is 1. The Morgan fingerprint density at radius 2 is 1.91 bits per heavy atom. The molecule has 5 nitrogen and oxygen atoms in total. The summed E-state index contributed by atoms with van der Waals surface area (Å²) in [5.41, 5.74) is 1.58. The Morgan fingerprint density at radius 1 is 1.22 bits per heavy atom. The summed E-state index contributed by atoms with van der Waals surface area (Å²) in [7, 11) is 1.51. The van der Waals surface area contributed by atoms with Gasteiger partial charge in [0.05, 0.1) is 16.5 Å². The molecule has 1 aliphatic heterocycles. The van der Waals surface area contributed by atoms with E-state index in [-0.39, 0.29) is 17.0 Å². The first-order valence-electron chi connectivity index (χ1n) is 7.29. The highest BCUT2D eigenvalue weighted by Gasteiger charge is 2.40. The molecule has 5 heteroatoms. The predicted molar refractivity (Wildman–Crippen MR) is 85.2 cm³/mol. The highest BCUT2D eigenvalue weighted by Crippen LogP contribution is 2.45. The summed E-state index contributed by atoms with van der Waals surface area (Å²) < 4.78 is 5.80. The number of aromatic carboxylic acids is 1. The molecule has 0 bridgehead atoms. The molecule has 0 aromatic heterocycles. The molecule has 0 fully saturated rings. The zero-order chi connectivity index (χ0) is 16.6. The number of rotatable bonds is 3. The quantitative estimate of drug-likeness (QED) is 0.913. The fourth-order valence-electron chi connectivity index (χ4n) is 2.96. The van der Waals surface area contributed by atoms with Crippen molar-refractivity contribution in [3.05, 3.63) is 64.7 Å². The number of nitrogens with one attached hydrogen (secondary N) is 1. The summed E-state index contributed by atoms with van der Waals surface area (Å²) in [5.74, 6) is -0.970. The van der Waals surface area contributed by atoms with Gasteiger partial charge in [0.1, 0.15) is 12.4 Å². The molecule has 0 spiro atoms. The number of hydrogen-bond donors (Lipinski definition) is 2. The van der Waals surface area contributed by atoms with Crippen molar-refractivity contribution in [3.8, 4) is 5.75 Å².